The summed E-state index contributed by atoms with van der Waals surface area (Å²) < 4.78 is 24.6. The molecule has 2 aromatic carbocycles. The Balaban J connectivity index is 2.12. The second-order valence-electron chi connectivity index (χ2n) is 4.65. The lowest BCUT2D eigenvalue weighted by Crippen LogP contribution is -2.11. The van der Waals surface area contributed by atoms with Crippen molar-refractivity contribution in [1.82, 2.24) is 5.32 Å². The average molecular weight is 289 g/mol. The van der Waals surface area contributed by atoms with E-state index in [1.807, 2.05) is 18.2 Å². The average Bonchev–Trinajstić information content (AvgIpc) is 2.52. The summed E-state index contributed by atoms with van der Waals surface area (Å²) in [5, 5.41) is 3.26. The molecule has 0 aliphatic carbocycles. The number of nitrogens with one attached hydrogen (secondary N) is 1. The topological polar surface area (TPSA) is 30.5 Å². The van der Waals surface area contributed by atoms with Gasteiger partial charge in [0.1, 0.15) is 12.4 Å². The highest BCUT2D eigenvalue weighted by atomic mass is 19.1. The first-order valence-electron chi connectivity index (χ1n) is 6.98. The smallest absolute Gasteiger partial charge is 0.161 e. The monoisotopic (exact) mass is 289 g/mol. The van der Waals surface area contributed by atoms with Gasteiger partial charge in [0.2, 0.25) is 0 Å². The van der Waals surface area contributed by atoms with Crippen molar-refractivity contribution in [3.63, 3.8) is 0 Å². The fourth-order valence-corrected chi connectivity index (χ4v) is 1.98. The quantitative estimate of drug-likeness (QED) is 0.846. The maximum atomic E-state index is 13.6. The Hall–Kier alpha value is -2.07. The molecule has 0 amide bonds. The molecular formula is C17H20FNO2. The number of rotatable bonds is 7. The highest BCUT2D eigenvalue weighted by molar-refractivity contribution is 5.43. The molecule has 0 aliphatic heterocycles. The van der Waals surface area contributed by atoms with Gasteiger partial charge in [-0.25, -0.2) is 4.39 Å². The third-order valence-electron chi connectivity index (χ3n) is 3.15. The molecule has 0 saturated heterocycles. The predicted octanol–water partition coefficient (Wildman–Crippen LogP) is 3.52. The first kappa shape index (κ1) is 15.3. The van der Waals surface area contributed by atoms with E-state index in [4.69, 9.17) is 9.47 Å². The molecule has 0 atom stereocenters. The van der Waals surface area contributed by atoms with Gasteiger partial charge in [-0.05, 0) is 30.3 Å². The zero-order valence-electron chi connectivity index (χ0n) is 12.4. The van der Waals surface area contributed by atoms with Crippen LogP contribution in [0.5, 0.6) is 11.5 Å². The Bertz CT molecular complexity index is 587. The van der Waals surface area contributed by atoms with Crippen LogP contribution in [-0.2, 0) is 13.2 Å². The van der Waals surface area contributed by atoms with Crippen LogP contribution in [0.1, 0.15) is 18.1 Å². The fourth-order valence-electron chi connectivity index (χ4n) is 1.98. The Kier molecular flexibility index (Phi) is 5.58. The van der Waals surface area contributed by atoms with Gasteiger partial charge in [-0.1, -0.05) is 31.2 Å². The van der Waals surface area contributed by atoms with Gasteiger partial charge in [0.25, 0.3) is 0 Å². The summed E-state index contributed by atoms with van der Waals surface area (Å²) in [6.45, 7) is 3.89. The first-order valence-corrected chi connectivity index (χ1v) is 6.98. The Morgan fingerprint density at radius 3 is 2.62 bits per heavy atom. The van der Waals surface area contributed by atoms with Crippen LogP contribution in [0.2, 0.25) is 0 Å². The van der Waals surface area contributed by atoms with E-state index in [-0.39, 0.29) is 12.4 Å². The Labute approximate surface area is 124 Å². The molecule has 0 aliphatic rings. The van der Waals surface area contributed by atoms with Crippen molar-refractivity contribution >= 4 is 0 Å². The normalized spacial score (nSPS) is 10.4. The van der Waals surface area contributed by atoms with Crippen molar-refractivity contribution in [2.24, 2.45) is 0 Å². The minimum atomic E-state index is -0.264. The summed E-state index contributed by atoms with van der Waals surface area (Å²) >= 11 is 0. The van der Waals surface area contributed by atoms with Gasteiger partial charge in [-0.15, -0.1) is 0 Å². The van der Waals surface area contributed by atoms with Crippen LogP contribution in [0.15, 0.2) is 42.5 Å². The molecule has 0 bridgehead atoms. The van der Waals surface area contributed by atoms with E-state index in [2.05, 4.69) is 12.2 Å². The molecule has 2 rings (SSSR count). The molecule has 21 heavy (non-hydrogen) atoms. The second kappa shape index (κ2) is 7.64. The summed E-state index contributed by atoms with van der Waals surface area (Å²) in [6, 6.07) is 12.4. The van der Waals surface area contributed by atoms with Crippen LogP contribution in [0, 0.1) is 5.82 Å². The number of hydrogen-bond acceptors (Lipinski definition) is 3. The van der Waals surface area contributed by atoms with Gasteiger partial charge < -0.3 is 14.8 Å². The van der Waals surface area contributed by atoms with E-state index in [0.717, 1.165) is 18.7 Å². The summed E-state index contributed by atoms with van der Waals surface area (Å²) in [4.78, 5) is 0. The lowest BCUT2D eigenvalue weighted by molar-refractivity contribution is 0.279. The summed E-state index contributed by atoms with van der Waals surface area (Å²) in [6.07, 6.45) is 0. The van der Waals surface area contributed by atoms with Crippen molar-refractivity contribution in [1.29, 1.82) is 0 Å². The van der Waals surface area contributed by atoms with Gasteiger partial charge >= 0.3 is 0 Å². The SMILES string of the molecule is CCNCc1ccc(OC)c(OCc2ccccc2F)c1. The second-order valence-corrected chi connectivity index (χ2v) is 4.65. The summed E-state index contributed by atoms with van der Waals surface area (Å²) in [5.74, 6) is 1.00. The molecule has 3 nitrogen and oxygen atoms in total. The minimum absolute atomic E-state index is 0.174. The van der Waals surface area contributed by atoms with Crippen LogP contribution in [0.4, 0.5) is 4.39 Å². The molecular weight excluding hydrogens is 269 g/mol. The van der Waals surface area contributed by atoms with E-state index in [1.165, 1.54) is 6.07 Å². The summed E-state index contributed by atoms with van der Waals surface area (Å²) in [7, 11) is 1.59. The molecule has 0 radical (unpaired) electrons. The molecule has 4 heteroatoms. The molecule has 0 aromatic heterocycles. The van der Waals surface area contributed by atoms with Crippen molar-refractivity contribution in [2.75, 3.05) is 13.7 Å². The molecule has 1 N–H and O–H groups in total. The number of ether oxygens (including phenoxy) is 2. The van der Waals surface area contributed by atoms with Crippen molar-refractivity contribution < 1.29 is 13.9 Å². The van der Waals surface area contributed by atoms with E-state index >= 15 is 0 Å². The molecule has 0 unspecified atom stereocenters. The van der Waals surface area contributed by atoms with E-state index in [9.17, 15) is 4.39 Å². The zero-order valence-corrected chi connectivity index (χ0v) is 12.4. The van der Waals surface area contributed by atoms with Gasteiger partial charge in [0.15, 0.2) is 11.5 Å². The molecule has 112 valence electrons. The number of benzene rings is 2. The van der Waals surface area contributed by atoms with Crippen LogP contribution in [0.25, 0.3) is 0 Å². The molecule has 0 fully saturated rings. The van der Waals surface area contributed by atoms with Gasteiger partial charge in [-0.3, -0.25) is 0 Å². The molecule has 0 heterocycles. The zero-order chi connectivity index (χ0) is 15.1. The standard InChI is InChI=1S/C17H20FNO2/c1-3-19-11-13-8-9-16(20-2)17(10-13)21-12-14-6-4-5-7-15(14)18/h4-10,19H,3,11-12H2,1-2H3. The molecule has 0 spiro atoms. The minimum Gasteiger partial charge on any atom is -0.493 e. The van der Waals surface area contributed by atoms with Gasteiger partial charge in [0, 0.05) is 12.1 Å². The van der Waals surface area contributed by atoms with Crippen molar-refractivity contribution in [3.8, 4) is 11.5 Å². The molecule has 0 saturated carbocycles. The van der Waals surface area contributed by atoms with Crippen LogP contribution < -0.4 is 14.8 Å². The fraction of sp³-hybridized carbons (Fsp3) is 0.294. The largest absolute Gasteiger partial charge is 0.493 e. The van der Waals surface area contributed by atoms with Crippen LogP contribution in [0.3, 0.4) is 0 Å². The van der Waals surface area contributed by atoms with E-state index < -0.39 is 0 Å². The first-order chi connectivity index (χ1) is 10.2. The van der Waals surface area contributed by atoms with Crippen molar-refractivity contribution in [2.45, 2.75) is 20.1 Å². The third-order valence-corrected chi connectivity index (χ3v) is 3.15. The highest BCUT2D eigenvalue weighted by Gasteiger charge is 2.08. The lowest BCUT2D eigenvalue weighted by Gasteiger charge is -2.13. The Morgan fingerprint density at radius 2 is 1.90 bits per heavy atom. The van der Waals surface area contributed by atoms with Crippen molar-refractivity contribution in [3.05, 3.63) is 59.4 Å². The number of halogens is 1. The summed E-state index contributed by atoms with van der Waals surface area (Å²) in [5.41, 5.74) is 1.62. The van der Waals surface area contributed by atoms with E-state index in [1.54, 1.807) is 25.3 Å². The number of hydrogen-bond donors (Lipinski definition) is 1. The molecule has 2 aromatic rings. The van der Waals surface area contributed by atoms with Crippen LogP contribution >= 0.6 is 0 Å². The Morgan fingerprint density at radius 1 is 1.10 bits per heavy atom. The van der Waals surface area contributed by atoms with E-state index in [0.29, 0.717) is 17.1 Å². The maximum absolute atomic E-state index is 13.6. The highest BCUT2D eigenvalue weighted by Crippen LogP contribution is 2.29. The van der Waals surface area contributed by atoms with Gasteiger partial charge in [0.05, 0.1) is 7.11 Å². The lowest BCUT2D eigenvalue weighted by atomic mass is 10.2. The third kappa shape index (κ3) is 4.20. The van der Waals surface area contributed by atoms with Crippen LogP contribution in [-0.4, -0.2) is 13.7 Å². The maximum Gasteiger partial charge on any atom is 0.161 e. The number of methoxy groups -OCH3 is 1. The van der Waals surface area contributed by atoms with Gasteiger partial charge in [-0.2, -0.15) is 0 Å². The predicted molar refractivity (Wildman–Crippen MR) is 81.1 cm³/mol.